The van der Waals surface area contributed by atoms with Crippen LogP contribution in [0.2, 0.25) is 0 Å². The Kier molecular flexibility index (Phi) is 4.53. The third kappa shape index (κ3) is 3.14. The van der Waals surface area contributed by atoms with Crippen molar-refractivity contribution in [2.45, 2.75) is 30.7 Å². The van der Waals surface area contributed by atoms with Crippen molar-refractivity contribution >= 4 is 34.3 Å². The lowest BCUT2D eigenvalue weighted by molar-refractivity contribution is -0.137. The SMILES string of the molecule is C[C@@]12CCC(=O)N1[C@@H](C(=O)NCCOc1ccc3ccccc3c1)CS2. The molecule has 136 valence electrons. The third-order valence-electron chi connectivity index (χ3n) is 5.14. The van der Waals surface area contributed by atoms with E-state index in [-0.39, 0.29) is 22.7 Å². The number of hydrogen-bond acceptors (Lipinski definition) is 4. The fourth-order valence-electron chi connectivity index (χ4n) is 3.73. The number of carbonyl (C=O) groups is 2. The van der Waals surface area contributed by atoms with Crippen molar-refractivity contribution in [1.29, 1.82) is 0 Å². The van der Waals surface area contributed by atoms with Gasteiger partial charge in [-0.3, -0.25) is 9.59 Å². The Labute approximate surface area is 157 Å². The molecule has 0 bridgehead atoms. The highest BCUT2D eigenvalue weighted by molar-refractivity contribution is 8.01. The van der Waals surface area contributed by atoms with Gasteiger partial charge in [-0.25, -0.2) is 0 Å². The molecule has 0 radical (unpaired) electrons. The van der Waals surface area contributed by atoms with Crippen LogP contribution in [0.5, 0.6) is 5.75 Å². The van der Waals surface area contributed by atoms with Gasteiger partial charge in [0.05, 0.1) is 11.4 Å². The van der Waals surface area contributed by atoms with Crippen molar-refractivity contribution < 1.29 is 14.3 Å². The summed E-state index contributed by atoms with van der Waals surface area (Å²) in [5, 5.41) is 5.21. The van der Waals surface area contributed by atoms with Gasteiger partial charge < -0.3 is 15.0 Å². The highest BCUT2D eigenvalue weighted by Crippen LogP contribution is 2.47. The maximum Gasteiger partial charge on any atom is 0.243 e. The van der Waals surface area contributed by atoms with Crippen molar-refractivity contribution in [2.24, 2.45) is 0 Å². The van der Waals surface area contributed by atoms with Crippen molar-refractivity contribution in [1.82, 2.24) is 10.2 Å². The maximum atomic E-state index is 12.5. The highest BCUT2D eigenvalue weighted by atomic mass is 32.2. The van der Waals surface area contributed by atoms with E-state index in [0.717, 1.165) is 17.6 Å². The minimum absolute atomic E-state index is 0.0846. The largest absolute Gasteiger partial charge is 0.492 e. The van der Waals surface area contributed by atoms with Gasteiger partial charge in [-0.1, -0.05) is 30.3 Å². The summed E-state index contributed by atoms with van der Waals surface area (Å²) in [6.07, 6.45) is 1.36. The van der Waals surface area contributed by atoms with E-state index in [1.54, 1.807) is 16.7 Å². The lowest BCUT2D eigenvalue weighted by Gasteiger charge is -2.29. The summed E-state index contributed by atoms with van der Waals surface area (Å²) in [6.45, 7) is 2.87. The van der Waals surface area contributed by atoms with Crippen molar-refractivity contribution in [2.75, 3.05) is 18.9 Å². The zero-order chi connectivity index (χ0) is 18.1. The number of fused-ring (bicyclic) bond motifs is 2. The molecule has 0 saturated carbocycles. The Bertz CT molecular complexity index is 856. The molecule has 26 heavy (non-hydrogen) atoms. The summed E-state index contributed by atoms with van der Waals surface area (Å²) in [7, 11) is 0. The lowest BCUT2D eigenvalue weighted by Crippen LogP contribution is -2.50. The fraction of sp³-hybridized carbons (Fsp3) is 0.400. The second-order valence-electron chi connectivity index (χ2n) is 6.91. The summed E-state index contributed by atoms with van der Waals surface area (Å²) < 4.78 is 5.75. The van der Waals surface area contributed by atoms with E-state index in [1.807, 2.05) is 36.4 Å². The molecule has 2 aromatic rings. The predicted molar refractivity (Wildman–Crippen MR) is 103 cm³/mol. The van der Waals surface area contributed by atoms with E-state index in [4.69, 9.17) is 4.74 Å². The molecular weight excluding hydrogens is 348 g/mol. The number of nitrogens with zero attached hydrogens (tertiary/aromatic N) is 1. The van der Waals surface area contributed by atoms with Crippen LogP contribution in [-0.4, -0.2) is 46.5 Å². The number of benzene rings is 2. The first-order chi connectivity index (χ1) is 12.6. The molecule has 2 heterocycles. The van der Waals surface area contributed by atoms with Gasteiger partial charge in [0.2, 0.25) is 11.8 Å². The molecule has 2 aliphatic heterocycles. The van der Waals surface area contributed by atoms with Crippen LogP contribution in [0.1, 0.15) is 19.8 Å². The fourth-order valence-corrected chi connectivity index (χ4v) is 5.16. The van der Waals surface area contributed by atoms with Gasteiger partial charge in [-0.2, -0.15) is 0 Å². The molecule has 0 aromatic heterocycles. The molecule has 1 N–H and O–H groups in total. The number of carbonyl (C=O) groups excluding carboxylic acids is 2. The van der Waals surface area contributed by atoms with E-state index in [9.17, 15) is 9.59 Å². The zero-order valence-electron chi connectivity index (χ0n) is 14.7. The zero-order valence-corrected chi connectivity index (χ0v) is 15.6. The average Bonchev–Trinajstić information content (AvgIpc) is 3.14. The Morgan fingerprint density at radius 3 is 2.96 bits per heavy atom. The number of ether oxygens (including phenoxy) is 1. The molecule has 0 aliphatic carbocycles. The van der Waals surface area contributed by atoms with Gasteiger partial charge in [0, 0.05) is 12.2 Å². The standard InChI is InChI=1S/C20H22N2O3S/c1-20-9-8-18(23)22(20)17(13-26-20)19(24)21-10-11-25-16-7-6-14-4-2-3-5-15(14)12-16/h2-7,12,17H,8-11,13H2,1H3,(H,21,24)/t17-,20-/m1/s1. The van der Waals surface area contributed by atoms with E-state index in [1.165, 1.54) is 5.39 Å². The summed E-state index contributed by atoms with van der Waals surface area (Å²) in [5.41, 5.74) is 0. The van der Waals surface area contributed by atoms with Gasteiger partial charge in [-0.15, -0.1) is 11.8 Å². The van der Waals surface area contributed by atoms with Gasteiger partial charge in [0.25, 0.3) is 0 Å². The quantitative estimate of drug-likeness (QED) is 0.823. The van der Waals surface area contributed by atoms with Gasteiger partial charge in [-0.05, 0) is 36.2 Å². The molecule has 2 aliphatic rings. The topological polar surface area (TPSA) is 58.6 Å². The molecule has 0 spiro atoms. The molecule has 2 fully saturated rings. The Morgan fingerprint density at radius 1 is 1.31 bits per heavy atom. The van der Waals surface area contributed by atoms with Crippen molar-refractivity contribution in [3.63, 3.8) is 0 Å². The van der Waals surface area contributed by atoms with Crippen LogP contribution in [0.3, 0.4) is 0 Å². The van der Waals surface area contributed by atoms with Crippen LogP contribution >= 0.6 is 11.8 Å². The van der Waals surface area contributed by atoms with E-state index >= 15 is 0 Å². The summed E-state index contributed by atoms with van der Waals surface area (Å²) in [5.74, 6) is 1.46. The molecule has 2 amide bonds. The molecule has 2 saturated heterocycles. The van der Waals surface area contributed by atoms with Gasteiger partial charge in [0.15, 0.2) is 0 Å². The van der Waals surface area contributed by atoms with Gasteiger partial charge >= 0.3 is 0 Å². The Hall–Kier alpha value is -2.21. The van der Waals surface area contributed by atoms with Crippen LogP contribution in [0, 0.1) is 0 Å². The van der Waals surface area contributed by atoms with E-state index in [0.29, 0.717) is 25.3 Å². The van der Waals surface area contributed by atoms with Gasteiger partial charge in [0.1, 0.15) is 18.4 Å². The lowest BCUT2D eigenvalue weighted by atomic mass is 10.1. The predicted octanol–water partition coefficient (Wildman–Crippen LogP) is 2.79. The molecule has 2 aromatic carbocycles. The minimum atomic E-state index is -0.360. The third-order valence-corrected chi connectivity index (χ3v) is 6.64. The van der Waals surface area contributed by atoms with E-state index < -0.39 is 0 Å². The average molecular weight is 370 g/mol. The second-order valence-corrected chi connectivity index (χ2v) is 8.42. The van der Waals surface area contributed by atoms with Crippen molar-refractivity contribution in [3.8, 4) is 5.75 Å². The van der Waals surface area contributed by atoms with Crippen LogP contribution in [0.25, 0.3) is 10.8 Å². The first kappa shape index (κ1) is 17.2. The summed E-state index contributed by atoms with van der Waals surface area (Å²) >= 11 is 1.71. The number of amides is 2. The molecular formula is C20H22N2O3S. The Morgan fingerprint density at radius 2 is 2.12 bits per heavy atom. The summed E-state index contributed by atoms with van der Waals surface area (Å²) in [4.78, 5) is 26.2. The van der Waals surface area contributed by atoms with Crippen molar-refractivity contribution in [3.05, 3.63) is 42.5 Å². The summed E-state index contributed by atoms with van der Waals surface area (Å²) in [6, 6.07) is 13.7. The van der Waals surface area contributed by atoms with Crippen LogP contribution < -0.4 is 10.1 Å². The highest BCUT2D eigenvalue weighted by Gasteiger charge is 2.52. The van der Waals surface area contributed by atoms with Crippen LogP contribution in [-0.2, 0) is 9.59 Å². The van der Waals surface area contributed by atoms with E-state index in [2.05, 4.69) is 18.3 Å². The monoisotopic (exact) mass is 370 g/mol. The van der Waals surface area contributed by atoms with Crippen LogP contribution in [0.15, 0.2) is 42.5 Å². The number of rotatable bonds is 5. The number of thioether (sulfide) groups is 1. The molecule has 6 heteroatoms. The van der Waals surface area contributed by atoms with Crippen LogP contribution in [0.4, 0.5) is 0 Å². The molecule has 4 rings (SSSR count). The second kappa shape index (κ2) is 6.83. The maximum absolute atomic E-state index is 12.5. The normalized spacial score (nSPS) is 24.7. The number of hydrogen-bond donors (Lipinski definition) is 1. The Balaban J connectivity index is 1.29. The molecule has 2 atom stereocenters. The molecule has 5 nitrogen and oxygen atoms in total. The first-order valence-electron chi connectivity index (χ1n) is 8.92. The molecule has 0 unspecified atom stereocenters. The first-order valence-corrected chi connectivity index (χ1v) is 9.91. The smallest absolute Gasteiger partial charge is 0.243 e. The number of nitrogens with one attached hydrogen (secondary N) is 1. The minimum Gasteiger partial charge on any atom is -0.492 e.